The van der Waals surface area contributed by atoms with Crippen LogP contribution in [-0.4, -0.2) is 31.9 Å². The number of carbonyl (C=O) groups is 2. The zero-order valence-corrected chi connectivity index (χ0v) is 10.7. The monoisotopic (exact) mass is 275 g/mol. The molecule has 3 N–H and O–H groups in total. The van der Waals surface area contributed by atoms with E-state index in [1.165, 1.54) is 23.1 Å². The molecule has 104 valence electrons. The first kappa shape index (κ1) is 13.6. The molecule has 0 saturated heterocycles. The summed E-state index contributed by atoms with van der Waals surface area (Å²) in [5, 5.41) is 24.6. The average molecular weight is 275 g/mol. The van der Waals surface area contributed by atoms with Gasteiger partial charge in [0.15, 0.2) is 0 Å². The van der Waals surface area contributed by atoms with Crippen molar-refractivity contribution in [2.45, 2.75) is 13.5 Å². The predicted octanol–water partition coefficient (Wildman–Crippen LogP) is 1.23. The molecule has 1 amide bonds. The number of phenolic OH excluding ortho intramolecular Hbond substituents is 1. The number of anilines is 1. The molecule has 0 aliphatic heterocycles. The van der Waals surface area contributed by atoms with Crippen molar-refractivity contribution in [3.05, 3.63) is 41.7 Å². The zero-order valence-electron chi connectivity index (χ0n) is 10.7. The number of rotatable bonds is 4. The summed E-state index contributed by atoms with van der Waals surface area (Å²) in [5.74, 6) is -1.37. The molecule has 1 aromatic carbocycles. The Labute approximate surface area is 114 Å². The number of aromatic nitrogens is 2. The van der Waals surface area contributed by atoms with Gasteiger partial charge in [0.1, 0.15) is 12.3 Å². The lowest BCUT2D eigenvalue weighted by molar-refractivity contribution is -0.137. The molecule has 0 fully saturated rings. The molecule has 7 heteroatoms. The molecule has 0 aliphatic rings. The summed E-state index contributed by atoms with van der Waals surface area (Å²) in [6.07, 6.45) is 2.78. The summed E-state index contributed by atoms with van der Waals surface area (Å²) in [6.45, 7) is 1.36. The number of amides is 1. The van der Waals surface area contributed by atoms with Gasteiger partial charge in [0.25, 0.3) is 5.91 Å². The number of phenols is 1. The highest BCUT2D eigenvalue weighted by Crippen LogP contribution is 2.20. The maximum atomic E-state index is 12.0. The van der Waals surface area contributed by atoms with Crippen LogP contribution in [0.5, 0.6) is 5.75 Å². The van der Waals surface area contributed by atoms with E-state index >= 15 is 0 Å². The topological polar surface area (TPSA) is 104 Å². The van der Waals surface area contributed by atoms with E-state index in [1.54, 1.807) is 19.1 Å². The minimum absolute atomic E-state index is 0.0409. The van der Waals surface area contributed by atoms with Gasteiger partial charge in [0.2, 0.25) is 0 Å². The van der Waals surface area contributed by atoms with Gasteiger partial charge < -0.3 is 15.5 Å². The first-order valence-electron chi connectivity index (χ1n) is 5.81. The van der Waals surface area contributed by atoms with E-state index in [-0.39, 0.29) is 12.3 Å². The maximum absolute atomic E-state index is 12.0. The number of hydrogen-bond donors (Lipinski definition) is 3. The maximum Gasteiger partial charge on any atom is 0.325 e. The SMILES string of the molecule is Cc1c(O)cccc1C(=O)Nc1cnn(CC(=O)O)c1. The van der Waals surface area contributed by atoms with Crippen molar-refractivity contribution in [3.63, 3.8) is 0 Å². The highest BCUT2D eigenvalue weighted by atomic mass is 16.4. The molecule has 0 unspecified atom stereocenters. The molecule has 0 saturated carbocycles. The zero-order chi connectivity index (χ0) is 14.7. The molecule has 2 aromatic rings. The standard InChI is InChI=1S/C13H13N3O4/c1-8-10(3-2-4-11(8)17)13(20)15-9-5-14-16(6-9)7-12(18)19/h2-6,17H,7H2,1H3,(H,15,20)(H,18,19). The molecule has 0 atom stereocenters. The highest BCUT2D eigenvalue weighted by molar-refractivity contribution is 6.05. The predicted molar refractivity (Wildman–Crippen MR) is 70.7 cm³/mol. The van der Waals surface area contributed by atoms with Crippen molar-refractivity contribution in [1.82, 2.24) is 9.78 Å². The highest BCUT2D eigenvalue weighted by Gasteiger charge is 2.12. The van der Waals surface area contributed by atoms with Gasteiger partial charge in [0, 0.05) is 17.3 Å². The van der Waals surface area contributed by atoms with Gasteiger partial charge >= 0.3 is 5.97 Å². The van der Waals surface area contributed by atoms with E-state index in [1.807, 2.05) is 0 Å². The van der Waals surface area contributed by atoms with Crippen molar-refractivity contribution in [3.8, 4) is 5.75 Å². The molecule has 0 spiro atoms. The lowest BCUT2D eigenvalue weighted by atomic mass is 10.1. The quantitative estimate of drug-likeness (QED) is 0.778. The van der Waals surface area contributed by atoms with Crippen molar-refractivity contribution >= 4 is 17.6 Å². The summed E-state index contributed by atoms with van der Waals surface area (Å²) in [7, 11) is 0. The van der Waals surface area contributed by atoms with Crippen molar-refractivity contribution in [1.29, 1.82) is 0 Å². The number of nitrogens with one attached hydrogen (secondary N) is 1. The number of aliphatic carboxylic acids is 1. The Hall–Kier alpha value is -2.83. The van der Waals surface area contributed by atoms with Crippen molar-refractivity contribution < 1.29 is 19.8 Å². The van der Waals surface area contributed by atoms with E-state index in [9.17, 15) is 14.7 Å². The first-order chi connectivity index (χ1) is 9.47. The third kappa shape index (κ3) is 2.94. The fourth-order valence-electron chi connectivity index (χ4n) is 1.72. The number of hydrogen-bond acceptors (Lipinski definition) is 4. The van der Waals surface area contributed by atoms with Gasteiger partial charge in [-0.2, -0.15) is 5.10 Å². The molecular weight excluding hydrogens is 262 g/mol. The summed E-state index contributed by atoms with van der Waals surface area (Å²) in [5.41, 5.74) is 1.21. The fourth-order valence-corrected chi connectivity index (χ4v) is 1.72. The molecule has 0 radical (unpaired) electrons. The van der Waals surface area contributed by atoms with E-state index in [4.69, 9.17) is 5.11 Å². The van der Waals surface area contributed by atoms with E-state index in [2.05, 4.69) is 10.4 Å². The molecular formula is C13H13N3O4. The number of benzene rings is 1. The summed E-state index contributed by atoms with van der Waals surface area (Å²) in [4.78, 5) is 22.6. The Balaban J connectivity index is 2.13. The van der Waals surface area contributed by atoms with Crippen molar-refractivity contribution in [2.24, 2.45) is 0 Å². The Morgan fingerprint density at radius 2 is 2.15 bits per heavy atom. The van der Waals surface area contributed by atoms with Crippen molar-refractivity contribution in [2.75, 3.05) is 5.32 Å². The number of carboxylic acid groups (broad SMARTS) is 1. The van der Waals surface area contributed by atoms with E-state index in [0.717, 1.165) is 0 Å². The van der Waals surface area contributed by atoms with Gasteiger partial charge in [-0.15, -0.1) is 0 Å². The molecule has 2 rings (SSSR count). The first-order valence-corrected chi connectivity index (χ1v) is 5.81. The Bertz CT molecular complexity index is 663. The minimum Gasteiger partial charge on any atom is -0.508 e. The van der Waals surface area contributed by atoms with Crippen LogP contribution >= 0.6 is 0 Å². The van der Waals surface area contributed by atoms with E-state index < -0.39 is 11.9 Å². The van der Waals surface area contributed by atoms with Crippen LogP contribution in [0.2, 0.25) is 0 Å². The third-order valence-electron chi connectivity index (χ3n) is 2.74. The van der Waals surface area contributed by atoms with E-state index in [0.29, 0.717) is 16.8 Å². The summed E-state index contributed by atoms with van der Waals surface area (Å²) < 4.78 is 1.20. The Morgan fingerprint density at radius 1 is 1.40 bits per heavy atom. The summed E-state index contributed by atoms with van der Waals surface area (Å²) in [6, 6.07) is 4.66. The fraction of sp³-hybridized carbons (Fsp3) is 0.154. The largest absolute Gasteiger partial charge is 0.508 e. The molecule has 0 bridgehead atoms. The number of aromatic hydroxyl groups is 1. The second kappa shape index (κ2) is 5.43. The van der Waals surface area contributed by atoms with Crippen LogP contribution in [0.15, 0.2) is 30.6 Å². The molecule has 1 aromatic heterocycles. The molecule has 20 heavy (non-hydrogen) atoms. The van der Waals surface area contributed by atoms with Crippen LogP contribution in [0.25, 0.3) is 0 Å². The molecule has 1 heterocycles. The second-order valence-electron chi connectivity index (χ2n) is 4.22. The van der Waals surface area contributed by atoms with Crippen LogP contribution in [-0.2, 0) is 11.3 Å². The minimum atomic E-state index is -1.02. The van der Waals surface area contributed by atoms with Gasteiger partial charge in [-0.05, 0) is 19.1 Å². The van der Waals surface area contributed by atoms with Gasteiger partial charge in [-0.1, -0.05) is 6.07 Å². The van der Waals surface area contributed by atoms with Crippen LogP contribution in [0.1, 0.15) is 15.9 Å². The van der Waals surface area contributed by atoms with Crippen LogP contribution in [0.4, 0.5) is 5.69 Å². The third-order valence-corrected chi connectivity index (χ3v) is 2.74. The lowest BCUT2D eigenvalue weighted by Gasteiger charge is -2.07. The number of carboxylic acids is 1. The average Bonchev–Trinajstić information content (AvgIpc) is 2.79. The van der Waals surface area contributed by atoms with Gasteiger partial charge in [-0.25, -0.2) is 0 Å². The molecule has 7 nitrogen and oxygen atoms in total. The normalized spacial score (nSPS) is 10.2. The molecule has 0 aliphatic carbocycles. The van der Waals surface area contributed by atoms with Gasteiger partial charge in [-0.3, -0.25) is 14.3 Å². The second-order valence-corrected chi connectivity index (χ2v) is 4.22. The summed E-state index contributed by atoms with van der Waals surface area (Å²) >= 11 is 0. The Morgan fingerprint density at radius 3 is 2.85 bits per heavy atom. The van der Waals surface area contributed by atoms with Crippen LogP contribution in [0, 0.1) is 6.92 Å². The van der Waals surface area contributed by atoms with Gasteiger partial charge in [0.05, 0.1) is 11.9 Å². The number of carbonyl (C=O) groups excluding carboxylic acids is 1. The smallest absolute Gasteiger partial charge is 0.325 e. The Kier molecular flexibility index (Phi) is 3.69. The lowest BCUT2D eigenvalue weighted by Crippen LogP contribution is -2.13. The number of nitrogens with zero attached hydrogens (tertiary/aromatic N) is 2. The van der Waals surface area contributed by atoms with Crippen LogP contribution < -0.4 is 5.32 Å². The van der Waals surface area contributed by atoms with Crippen LogP contribution in [0.3, 0.4) is 0 Å².